The molecule has 0 bridgehead atoms. The lowest BCUT2D eigenvalue weighted by molar-refractivity contribution is -0.115. The Labute approximate surface area is 137 Å². The molecule has 0 saturated carbocycles. The summed E-state index contributed by atoms with van der Waals surface area (Å²) in [6, 6.07) is 13.6. The highest BCUT2D eigenvalue weighted by Crippen LogP contribution is 2.28. The third kappa shape index (κ3) is 3.22. The Morgan fingerprint density at radius 3 is 2.90 bits per heavy atom. The molecule has 1 N–H and O–H groups in total. The van der Waals surface area contributed by atoms with Crippen LogP contribution >= 0.6 is 27.5 Å². The van der Waals surface area contributed by atoms with Gasteiger partial charge in [-0.3, -0.25) is 4.79 Å². The highest BCUT2D eigenvalue weighted by atomic mass is 79.9. The largest absolute Gasteiger partial charge is 0.362 e. The second-order valence-electron chi connectivity index (χ2n) is 4.97. The molecule has 2 aromatic rings. The van der Waals surface area contributed by atoms with Crippen molar-refractivity contribution in [3.8, 4) is 0 Å². The first kappa shape index (κ1) is 14.4. The normalized spacial score (nSPS) is 13.1. The number of hydrogen-bond donors (Lipinski definition) is 1. The van der Waals surface area contributed by atoms with E-state index in [1.165, 1.54) is 5.56 Å². The van der Waals surface area contributed by atoms with Gasteiger partial charge < -0.3 is 10.2 Å². The van der Waals surface area contributed by atoms with Gasteiger partial charge in [-0.2, -0.15) is 0 Å². The molecule has 0 radical (unpaired) electrons. The molecule has 1 amide bonds. The monoisotopic (exact) mass is 364 g/mol. The molecule has 1 heterocycles. The molecule has 0 fully saturated rings. The van der Waals surface area contributed by atoms with E-state index in [0.717, 1.165) is 23.1 Å². The summed E-state index contributed by atoms with van der Waals surface area (Å²) < 4.78 is 0.888. The van der Waals surface area contributed by atoms with Crippen molar-refractivity contribution >= 4 is 44.8 Å². The zero-order valence-electron chi connectivity index (χ0n) is 11.3. The summed E-state index contributed by atoms with van der Waals surface area (Å²) in [5, 5.41) is 3.39. The van der Waals surface area contributed by atoms with Crippen LogP contribution in [0.25, 0.3) is 0 Å². The van der Waals surface area contributed by atoms with Crippen LogP contribution in [0.4, 0.5) is 11.4 Å². The van der Waals surface area contributed by atoms with Gasteiger partial charge in [-0.15, -0.1) is 0 Å². The Kier molecular flexibility index (Phi) is 4.17. The number of benzene rings is 2. The molecule has 0 aliphatic carbocycles. The third-order valence-corrected chi connectivity index (χ3v) is 4.33. The van der Waals surface area contributed by atoms with E-state index in [-0.39, 0.29) is 5.91 Å². The summed E-state index contributed by atoms with van der Waals surface area (Å²) >= 11 is 9.46. The van der Waals surface area contributed by atoms with Crippen LogP contribution in [-0.2, 0) is 11.2 Å². The van der Waals surface area contributed by atoms with E-state index in [0.29, 0.717) is 17.3 Å². The Bertz CT molecular complexity index is 690. The summed E-state index contributed by atoms with van der Waals surface area (Å²) in [4.78, 5) is 14.3. The molecule has 1 aliphatic heterocycles. The van der Waals surface area contributed by atoms with Crippen LogP contribution in [0.5, 0.6) is 0 Å². The lowest BCUT2D eigenvalue weighted by Crippen LogP contribution is -2.31. The zero-order valence-corrected chi connectivity index (χ0v) is 13.6. The topological polar surface area (TPSA) is 32.3 Å². The average molecular weight is 366 g/mol. The Morgan fingerprint density at radius 2 is 2.10 bits per heavy atom. The maximum absolute atomic E-state index is 12.2. The quantitative estimate of drug-likeness (QED) is 0.888. The average Bonchev–Trinajstić information content (AvgIpc) is 2.85. The molecule has 3 rings (SSSR count). The van der Waals surface area contributed by atoms with Crippen LogP contribution in [0, 0.1) is 0 Å². The molecule has 3 nitrogen and oxygen atoms in total. The van der Waals surface area contributed by atoms with Gasteiger partial charge in [-0.25, -0.2) is 0 Å². The van der Waals surface area contributed by atoms with Gasteiger partial charge in [0.05, 0.1) is 17.3 Å². The fraction of sp³-hybridized carbons (Fsp3) is 0.188. The number of nitrogens with one attached hydrogen (secondary N) is 1. The summed E-state index contributed by atoms with van der Waals surface area (Å²) in [5.74, 6) is -0.0593. The van der Waals surface area contributed by atoms with Gasteiger partial charge in [0.15, 0.2) is 0 Å². The van der Waals surface area contributed by atoms with Crippen molar-refractivity contribution in [2.75, 3.05) is 23.3 Å². The molecule has 0 saturated heterocycles. The van der Waals surface area contributed by atoms with Crippen molar-refractivity contribution in [1.29, 1.82) is 0 Å². The number of carbonyl (C=O) groups is 1. The molecule has 0 unspecified atom stereocenters. The van der Waals surface area contributed by atoms with Crippen LogP contribution in [-0.4, -0.2) is 19.0 Å². The Morgan fingerprint density at radius 1 is 1.29 bits per heavy atom. The van der Waals surface area contributed by atoms with Crippen LogP contribution < -0.4 is 10.2 Å². The van der Waals surface area contributed by atoms with Crippen molar-refractivity contribution in [3.63, 3.8) is 0 Å². The number of fused-ring (bicyclic) bond motifs is 1. The van der Waals surface area contributed by atoms with E-state index >= 15 is 0 Å². The van der Waals surface area contributed by atoms with Crippen molar-refractivity contribution in [1.82, 2.24) is 0 Å². The second-order valence-corrected chi connectivity index (χ2v) is 6.30. The highest BCUT2D eigenvalue weighted by molar-refractivity contribution is 9.10. The number of carbonyl (C=O) groups excluding carboxylic acids is 1. The standard InChI is InChI=1S/C16H14BrClN2O/c17-12-5-6-14(13(18)9-12)19-16(21)10-20-8-7-11-3-1-2-4-15(11)20/h1-6,9H,7-8,10H2,(H,19,21). The Hall–Kier alpha value is -1.52. The lowest BCUT2D eigenvalue weighted by Gasteiger charge is -2.19. The van der Waals surface area contributed by atoms with Crippen LogP contribution in [0.3, 0.4) is 0 Å². The van der Waals surface area contributed by atoms with E-state index in [9.17, 15) is 4.79 Å². The fourth-order valence-electron chi connectivity index (χ4n) is 2.52. The van der Waals surface area contributed by atoms with Gasteiger partial charge in [0.2, 0.25) is 5.91 Å². The molecular formula is C16H14BrClN2O. The first-order valence-electron chi connectivity index (χ1n) is 6.71. The maximum atomic E-state index is 12.2. The van der Waals surface area contributed by atoms with Crippen LogP contribution in [0.2, 0.25) is 5.02 Å². The van der Waals surface area contributed by atoms with Gasteiger partial charge in [-0.1, -0.05) is 45.7 Å². The molecular weight excluding hydrogens is 352 g/mol. The third-order valence-electron chi connectivity index (χ3n) is 3.52. The minimum absolute atomic E-state index is 0.0593. The van der Waals surface area contributed by atoms with Crippen molar-refractivity contribution in [3.05, 3.63) is 57.5 Å². The summed E-state index contributed by atoms with van der Waals surface area (Å²) in [6.07, 6.45) is 0.989. The van der Waals surface area contributed by atoms with Crippen LogP contribution in [0.15, 0.2) is 46.9 Å². The van der Waals surface area contributed by atoms with E-state index < -0.39 is 0 Å². The predicted molar refractivity (Wildman–Crippen MR) is 90.1 cm³/mol. The van der Waals surface area contributed by atoms with E-state index in [4.69, 9.17) is 11.6 Å². The molecule has 108 valence electrons. The molecule has 21 heavy (non-hydrogen) atoms. The minimum Gasteiger partial charge on any atom is -0.362 e. The summed E-state index contributed by atoms with van der Waals surface area (Å²) in [6.45, 7) is 1.21. The van der Waals surface area contributed by atoms with Crippen molar-refractivity contribution < 1.29 is 4.79 Å². The van der Waals surface area contributed by atoms with E-state index in [1.807, 2.05) is 18.2 Å². The maximum Gasteiger partial charge on any atom is 0.243 e. The predicted octanol–water partition coefficient (Wildman–Crippen LogP) is 4.10. The molecule has 0 aromatic heterocycles. The number of halogens is 2. The lowest BCUT2D eigenvalue weighted by atomic mass is 10.2. The summed E-state index contributed by atoms with van der Waals surface area (Å²) in [5.41, 5.74) is 3.08. The van der Waals surface area contributed by atoms with Gasteiger partial charge in [0, 0.05) is 16.7 Å². The first-order valence-corrected chi connectivity index (χ1v) is 7.88. The van der Waals surface area contributed by atoms with E-state index in [2.05, 4.69) is 38.3 Å². The number of anilines is 2. The fourth-order valence-corrected chi connectivity index (χ4v) is 3.25. The molecule has 0 atom stereocenters. The SMILES string of the molecule is O=C(CN1CCc2ccccc21)Nc1ccc(Br)cc1Cl. The Balaban J connectivity index is 1.68. The van der Waals surface area contributed by atoms with Gasteiger partial charge in [0.1, 0.15) is 0 Å². The van der Waals surface area contributed by atoms with Gasteiger partial charge in [0.25, 0.3) is 0 Å². The minimum atomic E-state index is -0.0593. The van der Waals surface area contributed by atoms with E-state index in [1.54, 1.807) is 12.1 Å². The summed E-state index contributed by atoms with van der Waals surface area (Å²) in [7, 11) is 0. The highest BCUT2D eigenvalue weighted by Gasteiger charge is 2.20. The van der Waals surface area contributed by atoms with Crippen molar-refractivity contribution in [2.45, 2.75) is 6.42 Å². The first-order chi connectivity index (χ1) is 10.1. The van der Waals surface area contributed by atoms with Gasteiger partial charge >= 0.3 is 0 Å². The second kappa shape index (κ2) is 6.08. The number of para-hydroxylation sites is 1. The zero-order chi connectivity index (χ0) is 14.8. The molecule has 5 heteroatoms. The van der Waals surface area contributed by atoms with Crippen molar-refractivity contribution in [2.24, 2.45) is 0 Å². The number of hydrogen-bond acceptors (Lipinski definition) is 2. The number of amides is 1. The molecule has 0 spiro atoms. The van der Waals surface area contributed by atoms with Gasteiger partial charge in [-0.05, 0) is 36.2 Å². The van der Waals surface area contributed by atoms with Crippen LogP contribution in [0.1, 0.15) is 5.56 Å². The molecule has 1 aliphatic rings. The number of nitrogens with zero attached hydrogens (tertiary/aromatic N) is 1. The molecule has 2 aromatic carbocycles. The smallest absolute Gasteiger partial charge is 0.243 e. The number of rotatable bonds is 3.